The molecule has 1 aliphatic rings. The molecule has 50 heavy (non-hydrogen) atoms. The Balaban J connectivity index is 4.34. The highest BCUT2D eigenvalue weighted by Gasteiger charge is 2.94. The molecule has 30 heteroatoms. The van der Waals surface area contributed by atoms with Crippen molar-refractivity contribution in [1.29, 1.82) is 0 Å². The minimum absolute atomic E-state index is 0.288. The molecule has 0 radical (unpaired) electrons. The highest BCUT2D eigenvalue weighted by atomic mass is 19.4. The molecule has 0 amide bonds. The van der Waals surface area contributed by atoms with E-state index in [1.807, 2.05) is 0 Å². The molecule has 1 saturated heterocycles. The van der Waals surface area contributed by atoms with E-state index in [1.54, 1.807) is 0 Å². The Morgan fingerprint density at radius 3 is 0.880 bits per heavy atom. The Kier molecular flexibility index (Phi) is 11.3. The molecule has 8 nitrogen and oxygen atoms in total. The van der Waals surface area contributed by atoms with E-state index in [4.69, 9.17) is 0 Å². The van der Waals surface area contributed by atoms with Gasteiger partial charge in [0.2, 0.25) is 11.4 Å². The molecule has 0 bridgehead atoms. The van der Waals surface area contributed by atoms with Crippen molar-refractivity contribution < 1.29 is 126 Å². The number of carbonyl (C=O) groups excluding carboxylic acids is 2. The van der Waals surface area contributed by atoms with Gasteiger partial charge in [0.15, 0.2) is 12.1 Å². The zero-order chi connectivity index (χ0) is 40.6. The SMILES string of the molecule is CCOC(=O)C1NC(O)(C(F)(F)C(F)(F)C(F)(F)C(F)(F)C(F)(F)F)C(C(=O)OCC)NC1(O)C(F)(F)C(F)(F)C(F)(F)C(F)(F)C(F)(F)F. The van der Waals surface area contributed by atoms with Crippen LogP contribution in [0.5, 0.6) is 0 Å². The third-order valence-corrected chi connectivity index (χ3v) is 6.64. The lowest BCUT2D eigenvalue weighted by atomic mass is 9.78. The van der Waals surface area contributed by atoms with Crippen molar-refractivity contribution >= 4 is 11.9 Å². The largest absolute Gasteiger partial charge is 0.465 e. The predicted octanol–water partition coefficient (Wildman–Crippen LogP) is 4.63. The number of ether oxygens (including phenoxy) is 2. The summed E-state index contributed by atoms with van der Waals surface area (Å²) in [4.78, 5) is 24.6. The number of piperazine rings is 1. The Morgan fingerprint density at radius 2 is 0.700 bits per heavy atom. The normalized spacial score (nSPS) is 25.7. The summed E-state index contributed by atoms with van der Waals surface area (Å²) in [6, 6.07) is -10.0. The van der Waals surface area contributed by atoms with Crippen molar-refractivity contribution in [3.8, 4) is 0 Å². The van der Waals surface area contributed by atoms with E-state index in [1.165, 1.54) is 0 Å². The number of rotatable bonds is 12. The summed E-state index contributed by atoms with van der Waals surface area (Å²) < 4.78 is 311. The quantitative estimate of drug-likeness (QED) is 0.167. The lowest BCUT2D eigenvalue weighted by Gasteiger charge is -2.56. The molecule has 1 fully saturated rings. The average molecular weight is 798 g/mol. The highest BCUT2D eigenvalue weighted by Crippen LogP contribution is 2.62. The van der Waals surface area contributed by atoms with E-state index >= 15 is 17.6 Å². The zero-order valence-electron chi connectivity index (χ0n) is 23.4. The first-order chi connectivity index (χ1) is 21.7. The molecule has 1 aliphatic heterocycles. The van der Waals surface area contributed by atoms with Crippen LogP contribution in [0, 0.1) is 0 Å². The fourth-order valence-electron chi connectivity index (χ4n) is 3.89. The summed E-state index contributed by atoms with van der Waals surface area (Å²) in [6.07, 6.45) is -15.8. The maximum Gasteiger partial charge on any atom is 0.460 e. The third-order valence-electron chi connectivity index (χ3n) is 6.64. The topological polar surface area (TPSA) is 117 Å². The second kappa shape index (κ2) is 12.4. The Bertz CT molecular complexity index is 1190. The number of hydrogen-bond donors (Lipinski definition) is 4. The van der Waals surface area contributed by atoms with Crippen molar-refractivity contribution in [3.63, 3.8) is 0 Å². The fourth-order valence-corrected chi connectivity index (χ4v) is 3.89. The van der Waals surface area contributed by atoms with Gasteiger partial charge >= 0.3 is 71.7 Å². The van der Waals surface area contributed by atoms with Gasteiger partial charge in [-0.15, -0.1) is 0 Å². The molecule has 1 rings (SSSR count). The number of alkyl halides is 22. The van der Waals surface area contributed by atoms with Crippen molar-refractivity contribution in [2.45, 2.75) is 97.1 Å². The van der Waals surface area contributed by atoms with Crippen LogP contribution < -0.4 is 10.6 Å². The van der Waals surface area contributed by atoms with Gasteiger partial charge in [-0.25, -0.2) is 0 Å². The molecule has 0 aromatic carbocycles. The first-order valence-electron chi connectivity index (χ1n) is 12.1. The molecular weight excluding hydrogens is 782 g/mol. The van der Waals surface area contributed by atoms with Crippen LogP contribution in [-0.4, -0.2) is 119 Å². The molecule has 0 spiro atoms. The van der Waals surface area contributed by atoms with Crippen LogP contribution >= 0.6 is 0 Å². The van der Waals surface area contributed by atoms with Gasteiger partial charge in [-0.05, 0) is 13.8 Å². The first-order valence-corrected chi connectivity index (χ1v) is 12.1. The summed E-state index contributed by atoms with van der Waals surface area (Å²) in [5.41, 5.74) is -12.9. The minimum atomic E-state index is -8.55. The van der Waals surface area contributed by atoms with Crippen molar-refractivity contribution in [3.05, 3.63) is 0 Å². The lowest BCUT2D eigenvalue weighted by Crippen LogP contribution is -2.92. The van der Waals surface area contributed by atoms with Crippen LogP contribution in [0.25, 0.3) is 0 Å². The van der Waals surface area contributed by atoms with Crippen LogP contribution in [0.4, 0.5) is 96.6 Å². The van der Waals surface area contributed by atoms with Gasteiger partial charge in [0.25, 0.3) is 0 Å². The van der Waals surface area contributed by atoms with E-state index in [9.17, 15) is 98.8 Å². The second-order valence-corrected chi connectivity index (χ2v) is 9.78. The molecule has 0 saturated carbocycles. The summed E-state index contributed by atoms with van der Waals surface area (Å²) in [6.45, 7) is -1.96. The number of nitrogens with one attached hydrogen (secondary N) is 2. The third kappa shape index (κ3) is 5.83. The van der Waals surface area contributed by atoms with Gasteiger partial charge in [-0.2, -0.15) is 96.6 Å². The summed E-state index contributed by atoms with van der Waals surface area (Å²) in [5, 5.41) is 20.2. The van der Waals surface area contributed by atoms with E-state index in [0.29, 0.717) is 13.8 Å². The van der Waals surface area contributed by atoms with Crippen LogP contribution in [-0.2, 0) is 19.1 Å². The van der Waals surface area contributed by atoms with Crippen LogP contribution in [0.15, 0.2) is 0 Å². The Hall–Kier alpha value is -2.76. The number of carbonyl (C=O) groups is 2. The van der Waals surface area contributed by atoms with Crippen LogP contribution in [0.3, 0.4) is 0 Å². The maximum atomic E-state index is 15.2. The van der Waals surface area contributed by atoms with E-state index < -0.39 is 108 Å². The standard InChI is InChI=1S/C20H16F22N2O6/c1-3-49-7(45)5-9(47,11(21,22)13(25,26)15(29,30)17(33,34)19(37,38)39)44-6(8(46)50-4-2)10(48,43-5)12(23,24)14(27,28)16(31,32)18(35,36)20(40,41)42/h5-6,43-44,47-48H,3-4H2,1-2H3. The van der Waals surface area contributed by atoms with Gasteiger partial charge in [-0.1, -0.05) is 0 Å². The fraction of sp³-hybridized carbons (Fsp3) is 0.900. The molecule has 1 heterocycles. The summed E-state index contributed by atoms with van der Waals surface area (Å²) >= 11 is 0. The first kappa shape index (κ1) is 45.3. The molecule has 4 N–H and O–H groups in total. The van der Waals surface area contributed by atoms with E-state index in [-0.39, 0.29) is 10.6 Å². The van der Waals surface area contributed by atoms with Gasteiger partial charge in [0.05, 0.1) is 13.2 Å². The lowest BCUT2D eigenvalue weighted by molar-refractivity contribution is -0.451. The van der Waals surface area contributed by atoms with Gasteiger partial charge in [0.1, 0.15) is 0 Å². The molecule has 4 atom stereocenters. The highest BCUT2D eigenvalue weighted by molar-refractivity contribution is 5.82. The molecule has 0 aromatic rings. The smallest absolute Gasteiger partial charge is 0.460 e. The van der Waals surface area contributed by atoms with Gasteiger partial charge in [0, 0.05) is 0 Å². The molecule has 0 aromatic heterocycles. The minimum Gasteiger partial charge on any atom is -0.465 e. The van der Waals surface area contributed by atoms with E-state index in [2.05, 4.69) is 9.47 Å². The van der Waals surface area contributed by atoms with Crippen LogP contribution in [0.1, 0.15) is 13.8 Å². The average Bonchev–Trinajstić information content (AvgIpc) is 2.92. The van der Waals surface area contributed by atoms with E-state index in [0.717, 1.165) is 0 Å². The molecule has 0 aliphatic carbocycles. The monoisotopic (exact) mass is 798 g/mol. The van der Waals surface area contributed by atoms with Gasteiger partial charge in [-0.3, -0.25) is 20.2 Å². The number of halogens is 22. The second-order valence-electron chi connectivity index (χ2n) is 9.78. The predicted molar refractivity (Wildman–Crippen MR) is 109 cm³/mol. The van der Waals surface area contributed by atoms with Crippen molar-refractivity contribution in [2.75, 3.05) is 13.2 Å². The van der Waals surface area contributed by atoms with Crippen molar-refractivity contribution in [2.24, 2.45) is 0 Å². The van der Waals surface area contributed by atoms with Crippen molar-refractivity contribution in [1.82, 2.24) is 10.6 Å². The van der Waals surface area contributed by atoms with Crippen LogP contribution in [0.2, 0.25) is 0 Å². The summed E-state index contributed by atoms with van der Waals surface area (Å²) in [7, 11) is 0. The summed E-state index contributed by atoms with van der Waals surface area (Å²) in [5.74, 6) is -73.4. The zero-order valence-corrected chi connectivity index (χ0v) is 23.4. The number of aliphatic hydroxyl groups is 2. The van der Waals surface area contributed by atoms with Gasteiger partial charge < -0.3 is 19.7 Å². The number of hydrogen-bond acceptors (Lipinski definition) is 8. The molecular formula is C20H16F22N2O6. The Labute approximate surface area is 260 Å². The molecule has 4 unspecified atom stereocenters. The maximum absolute atomic E-state index is 15.2. The Morgan fingerprint density at radius 1 is 0.480 bits per heavy atom. The molecule has 296 valence electrons. The number of esters is 2.